The summed E-state index contributed by atoms with van der Waals surface area (Å²) in [6.07, 6.45) is 0.869. The molecule has 0 saturated heterocycles. The summed E-state index contributed by atoms with van der Waals surface area (Å²) in [7, 11) is 0. The number of carbonyl (C=O) groups excluding carboxylic acids is 2. The second kappa shape index (κ2) is 9.91. The summed E-state index contributed by atoms with van der Waals surface area (Å²) in [5.74, 6) is -0.106. The van der Waals surface area contributed by atoms with Crippen LogP contribution in [0, 0.1) is 0 Å². The Balaban J connectivity index is 1.58. The number of halogens is 2. The molecule has 7 heteroatoms. The van der Waals surface area contributed by atoms with E-state index in [4.69, 9.17) is 23.2 Å². The topological polar surface area (TPSA) is 70.2 Å². The van der Waals surface area contributed by atoms with Crippen LogP contribution in [0.5, 0.6) is 0 Å². The molecule has 0 unspecified atom stereocenters. The summed E-state index contributed by atoms with van der Waals surface area (Å²) in [5.41, 5.74) is 1.66. The first-order valence-electron chi connectivity index (χ1n) is 7.84. The fraction of sp³-hybridized carbons (Fsp3) is 0.222. The molecule has 0 aliphatic rings. The van der Waals surface area contributed by atoms with Crippen LogP contribution >= 0.6 is 23.2 Å². The standard InChI is InChI=1S/C18H19Cl2N3O2/c19-14-5-3-13(4-6-14)12-22-18(25)21-11-1-2-17(24)23-16-9-7-15(20)8-10-16/h3-10H,1-2,11-12H2,(H,23,24)(H2,21,22,25). The van der Waals surface area contributed by atoms with Crippen LogP contribution in [-0.2, 0) is 11.3 Å². The third kappa shape index (κ3) is 7.45. The highest BCUT2D eigenvalue weighted by Crippen LogP contribution is 2.13. The number of urea groups is 1. The lowest BCUT2D eigenvalue weighted by Crippen LogP contribution is -2.35. The van der Waals surface area contributed by atoms with Crippen molar-refractivity contribution in [2.75, 3.05) is 11.9 Å². The zero-order valence-corrected chi connectivity index (χ0v) is 15.0. The second-order valence-corrected chi connectivity index (χ2v) is 6.27. The highest BCUT2D eigenvalue weighted by molar-refractivity contribution is 6.30. The Hall–Kier alpha value is -2.24. The van der Waals surface area contributed by atoms with Gasteiger partial charge in [0.1, 0.15) is 0 Å². The predicted molar refractivity (Wildman–Crippen MR) is 101 cm³/mol. The number of hydrogen-bond acceptors (Lipinski definition) is 2. The van der Waals surface area contributed by atoms with Gasteiger partial charge in [0.15, 0.2) is 0 Å². The van der Waals surface area contributed by atoms with Crippen LogP contribution < -0.4 is 16.0 Å². The molecule has 3 N–H and O–H groups in total. The van der Waals surface area contributed by atoms with Crippen molar-refractivity contribution in [3.8, 4) is 0 Å². The average molecular weight is 380 g/mol. The molecule has 2 rings (SSSR count). The molecular formula is C18H19Cl2N3O2. The molecule has 0 aromatic heterocycles. The Morgan fingerprint density at radius 1 is 0.840 bits per heavy atom. The van der Waals surface area contributed by atoms with Gasteiger partial charge in [0, 0.05) is 35.2 Å². The van der Waals surface area contributed by atoms with Gasteiger partial charge in [-0.25, -0.2) is 4.79 Å². The molecule has 5 nitrogen and oxygen atoms in total. The summed E-state index contributed by atoms with van der Waals surface area (Å²) in [4.78, 5) is 23.5. The highest BCUT2D eigenvalue weighted by atomic mass is 35.5. The predicted octanol–water partition coefficient (Wildman–Crippen LogP) is 4.21. The lowest BCUT2D eigenvalue weighted by atomic mass is 10.2. The Morgan fingerprint density at radius 3 is 2.08 bits per heavy atom. The monoisotopic (exact) mass is 379 g/mol. The zero-order valence-electron chi connectivity index (χ0n) is 13.5. The SMILES string of the molecule is O=C(CCCNC(=O)NCc1ccc(Cl)cc1)Nc1ccc(Cl)cc1. The van der Waals surface area contributed by atoms with E-state index in [1.807, 2.05) is 12.1 Å². The largest absolute Gasteiger partial charge is 0.338 e. The molecular weight excluding hydrogens is 361 g/mol. The van der Waals surface area contributed by atoms with E-state index in [-0.39, 0.29) is 11.9 Å². The van der Waals surface area contributed by atoms with Crippen LogP contribution in [0.2, 0.25) is 10.0 Å². The van der Waals surface area contributed by atoms with E-state index >= 15 is 0 Å². The molecule has 0 heterocycles. The van der Waals surface area contributed by atoms with Gasteiger partial charge >= 0.3 is 6.03 Å². The molecule has 0 aliphatic heterocycles. The fourth-order valence-electron chi connectivity index (χ4n) is 2.05. The molecule has 0 atom stereocenters. The maximum atomic E-state index is 11.8. The summed E-state index contributed by atoms with van der Waals surface area (Å²) in [6, 6.07) is 13.9. The van der Waals surface area contributed by atoms with Crippen molar-refractivity contribution in [2.45, 2.75) is 19.4 Å². The quantitative estimate of drug-likeness (QED) is 0.630. The number of carbonyl (C=O) groups is 2. The van der Waals surface area contributed by atoms with Gasteiger partial charge in [-0.15, -0.1) is 0 Å². The maximum Gasteiger partial charge on any atom is 0.315 e. The normalized spacial score (nSPS) is 10.2. The van der Waals surface area contributed by atoms with Crippen molar-refractivity contribution >= 4 is 40.8 Å². The summed E-state index contributed by atoms with van der Waals surface area (Å²) < 4.78 is 0. The molecule has 0 bridgehead atoms. The van der Waals surface area contributed by atoms with E-state index in [1.54, 1.807) is 36.4 Å². The minimum Gasteiger partial charge on any atom is -0.338 e. The van der Waals surface area contributed by atoms with Crippen molar-refractivity contribution in [2.24, 2.45) is 0 Å². The smallest absolute Gasteiger partial charge is 0.315 e. The van der Waals surface area contributed by atoms with Gasteiger partial charge in [-0.1, -0.05) is 35.3 Å². The Labute approximate surface area is 156 Å². The first-order chi connectivity index (χ1) is 12.0. The summed E-state index contributed by atoms with van der Waals surface area (Å²) >= 11 is 11.6. The van der Waals surface area contributed by atoms with E-state index in [0.29, 0.717) is 41.7 Å². The number of benzene rings is 2. The Morgan fingerprint density at radius 2 is 1.44 bits per heavy atom. The molecule has 0 spiro atoms. The van der Waals surface area contributed by atoms with E-state index in [9.17, 15) is 9.59 Å². The third-order valence-corrected chi connectivity index (χ3v) is 3.86. The lowest BCUT2D eigenvalue weighted by Gasteiger charge is -2.08. The van der Waals surface area contributed by atoms with Gasteiger partial charge in [0.2, 0.25) is 5.91 Å². The first-order valence-corrected chi connectivity index (χ1v) is 8.60. The van der Waals surface area contributed by atoms with Crippen molar-refractivity contribution in [3.05, 3.63) is 64.1 Å². The average Bonchev–Trinajstić information content (AvgIpc) is 2.60. The van der Waals surface area contributed by atoms with Crippen LogP contribution in [0.4, 0.5) is 10.5 Å². The van der Waals surface area contributed by atoms with Crippen LogP contribution in [0.1, 0.15) is 18.4 Å². The minimum absolute atomic E-state index is 0.106. The molecule has 3 amide bonds. The Kier molecular flexibility index (Phi) is 7.57. The van der Waals surface area contributed by atoms with Crippen LogP contribution in [-0.4, -0.2) is 18.5 Å². The van der Waals surface area contributed by atoms with Gasteiger partial charge < -0.3 is 16.0 Å². The third-order valence-electron chi connectivity index (χ3n) is 3.36. The van der Waals surface area contributed by atoms with Gasteiger partial charge in [0.25, 0.3) is 0 Å². The van der Waals surface area contributed by atoms with Crippen molar-refractivity contribution in [1.82, 2.24) is 10.6 Å². The van der Waals surface area contributed by atoms with Crippen LogP contribution in [0.3, 0.4) is 0 Å². The van der Waals surface area contributed by atoms with Gasteiger partial charge in [-0.2, -0.15) is 0 Å². The van der Waals surface area contributed by atoms with Gasteiger partial charge in [-0.05, 0) is 48.4 Å². The molecule has 0 fully saturated rings. The minimum atomic E-state index is -0.270. The number of nitrogens with one attached hydrogen (secondary N) is 3. The molecule has 0 radical (unpaired) electrons. The molecule has 0 aliphatic carbocycles. The van der Waals surface area contributed by atoms with Crippen LogP contribution in [0.15, 0.2) is 48.5 Å². The van der Waals surface area contributed by atoms with Crippen molar-refractivity contribution in [1.29, 1.82) is 0 Å². The van der Waals surface area contributed by atoms with Crippen molar-refractivity contribution < 1.29 is 9.59 Å². The maximum absolute atomic E-state index is 11.8. The molecule has 25 heavy (non-hydrogen) atoms. The number of rotatable bonds is 7. The van der Waals surface area contributed by atoms with E-state index < -0.39 is 0 Å². The van der Waals surface area contributed by atoms with Gasteiger partial charge in [0.05, 0.1) is 0 Å². The number of amides is 3. The van der Waals surface area contributed by atoms with E-state index in [2.05, 4.69) is 16.0 Å². The van der Waals surface area contributed by atoms with Crippen molar-refractivity contribution in [3.63, 3.8) is 0 Å². The number of anilines is 1. The zero-order chi connectivity index (χ0) is 18.1. The molecule has 132 valence electrons. The lowest BCUT2D eigenvalue weighted by molar-refractivity contribution is -0.116. The van der Waals surface area contributed by atoms with Crippen LogP contribution in [0.25, 0.3) is 0 Å². The van der Waals surface area contributed by atoms with Gasteiger partial charge in [-0.3, -0.25) is 4.79 Å². The number of hydrogen-bond donors (Lipinski definition) is 3. The fourth-order valence-corrected chi connectivity index (χ4v) is 2.31. The van der Waals surface area contributed by atoms with E-state index in [0.717, 1.165) is 5.56 Å². The summed E-state index contributed by atoms with van der Waals surface area (Å²) in [5, 5.41) is 9.51. The molecule has 2 aromatic carbocycles. The first kappa shape index (κ1) is 19.1. The van der Waals surface area contributed by atoms with E-state index in [1.165, 1.54) is 0 Å². The second-order valence-electron chi connectivity index (χ2n) is 5.39. The highest BCUT2D eigenvalue weighted by Gasteiger charge is 2.04. The molecule has 0 saturated carbocycles. The molecule has 2 aromatic rings. The summed E-state index contributed by atoms with van der Waals surface area (Å²) in [6.45, 7) is 0.834. The Bertz CT molecular complexity index is 703.